The predicted molar refractivity (Wildman–Crippen MR) is 92.5 cm³/mol. The molecular formula is C18H12ClF3N4O. The van der Waals surface area contributed by atoms with Gasteiger partial charge >= 0.3 is 6.18 Å². The summed E-state index contributed by atoms with van der Waals surface area (Å²) in [6.07, 6.45) is -2.14. The summed E-state index contributed by atoms with van der Waals surface area (Å²) in [6.45, 7) is 0.647. The first kappa shape index (κ1) is 17.5. The number of rotatable bonds is 1. The van der Waals surface area contributed by atoms with Crippen molar-refractivity contribution in [2.45, 2.75) is 19.3 Å². The van der Waals surface area contributed by atoms with E-state index in [1.54, 1.807) is 12.1 Å². The molecular weight excluding hydrogens is 381 g/mol. The van der Waals surface area contributed by atoms with Gasteiger partial charge in [-0.15, -0.1) is 0 Å². The molecule has 0 N–H and O–H groups in total. The second-order valence-electron chi connectivity index (χ2n) is 6.05. The van der Waals surface area contributed by atoms with E-state index >= 15 is 0 Å². The molecule has 0 saturated heterocycles. The van der Waals surface area contributed by atoms with E-state index in [1.807, 2.05) is 35.0 Å². The van der Waals surface area contributed by atoms with Gasteiger partial charge in [-0.05, 0) is 35.4 Å². The van der Waals surface area contributed by atoms with Gasteiger partial charge in [0, 0.05) is 30.3 Å². The lowest BCUT2D eigenvalue weighted by Crippen LogP contribution is -2.33. The number of amides is 1. The maximum Gasteiger partial charge on any atom is 0.434 e. The smallest absolute Gasteiger partial charge is 0.345 e. The molecule has 0 radical (unpaired) electrons. The van der Waals surface area contributed by atoms with Crippen LogP contribution in [-0.4, -0.2) is 20.4 Å². The minimum Gasteiger partial charge on any atom is -0.345 e. The zero-order valence-electron chi connectivity index (χ0n) is 13.7. The molecule has 0 unspecified atom stereocenters. The third-order valence-electron chi connectivity index (χ3n) is 4.37. The molecule has 3 aromatic rings. The summed E-state index contributed by atoms with van der Waals surface area (Å²) in [4.78, 5) is 21.3. The van der Waals surface area contributed by atoms with Gasteiger partial charge in [-0.25, -0.2) is 9.97 Å². The Bertz CT molecular complexity index is 1030. The first-order valence-corrected chi connectivity index (χ1v) is 8.36. The third kappa shape index (κ3) is 3.16. The number of hydrogen-bond acceptors (Lipinski definition) is 3. The van der Waals surface area contributed by atoms with Crippen molar-refractivity contribution in [2.75, 3.05) is 4.90 Å². The molecule has 1 aromatic carbocycles. The van der Waals surface area contributed by atoms with Crippen LogP contribution in [0, 0.1) is 0 Å². The Morgan fingerprint density at radius 2 is 1.89 bits per heavy atom. The van der Waals surface area contributed by atoms with Crippen LogP contribution in [0.25, 0.3) is 0 Å². The molecule has 138 valence electrons. The Hall–Kier alpha value is -2.87. The number of anilines is 1. The summed E-state index contributed by atoms with van der Waals surface area (Å²) in [5.74, 6) is -0.832. The fraction of sp³-hybridized carbons (Fsp3) is 0.167. The quantitative estimate of drug-likeness (QED) is 0.584. The van der Waals surface area contributed by atoms with Gasteiger partial charge in [0.1, 0.15) is 0 Å². The van der Waals surface area contributed by atoms with Crippen LogP contribution < -0.4 is 4.90 Å². The van der Waals surface area contributed by atoms with Crippen molar-refractivity contribution < 1.29 is 18.0 Å². The highest BCUT2D eigenvalue weighted by molar-refractivity contribution is 6.28. The number of fused-ring (bicyclic) bond motifs is 2. The lowest BCUT2D eigenvalue weighted by atomic mass is 10.1. The van der Waals surface area contributed by atoms with E-state index in [0.29, 0.717) is 12.2 Å². The summed E-state index contributed by atoms with van der Waals surface area (Å²) in [5, 5.41) is -0.566. The Kier molecular flexibility index (Phi) is 4.15. The third-order valence-corrected chi connectivity index (χ3v) is 4.55. The average molecular weight is 393 g/mol. The normalized spacial score (nSPS) is 13.7. The number of carbonyl (C=O) groups excluding carboxylic acids is 1. The molecule has 0 fully saturated rings. The molecule has 0 bridgehead atoms. The number of benzene rings is 1. The van der Waals surface area contributed by atoms with Crippen molar-refractivity contribution in [3.8, 4) is 0 Å². The minimum atomic E-state index is -4.83. The number of nitrogens with zero attached hydrogens (tertiary/aromatic N) is 4. The molecule has 4 rings (SSSR count). The van der Waals surface area contributed by atoms with Crippen molar-refractivity contribution in [3.63, 3.8) is 0 Å². The summed E-state index contributed by atoms with van der Waals surface area (Å²) >= 11 is 5.52. The predicted octanol–water partition coefficient (Wildman–Crippen LogP) is 4.16. The monoisotopic (exact) mass is 392 g/mol. The number of alkyl halides is 3. The maximum absolute atomic E-state index is 13.4. The molecule has 0 atom stereocenters. The Labute approximate surface area is 157 Å². The van der Waals surface area contributed by atoms with Gasteiger partial charge in [-0.2, -0.15) is 13.2 Å². The Morgan fingerprint density at radius 1 is 1.11 bits per heavy atom. The Morgan fingerprint density at radius 3 is 2.67 bits per heavy atom. The lowest BCUT2D eigenvalue weighted by Gasteiger charge is -2.23. The van der Waals surface area contributed by atoms with Crippen molar-refractivity contribution in [3.05, 3.63) is 76.6 Å². The van der Waals surface area contributed by atoms with E-state index in [-0.39, 0.29) is 6.54 Å². The van der Waals surface area contributed by atoms with Gasteiger partial charge in [-0.3, -0.25) is 4.79 Å². The molecule has 3 heterocycles. The van der Waals surface area contributed by atoms with Gasteiger partial charge in [0.15, 0.2) is 5.69 Å². The van der Waals surface area contributed by atoms with E-state index in [1.165, 1.54) is 4.90 Å². The van der Waals surface area contributed by atoms with Crippen LogP contribution in [0.4, 0.5) is 18.9 Å². The van der Waals surface area contributed by atoms with Crippen LogP contribution >= 0.6 is 11.6 Å². The van der Waals surface area contributed by atoms with Crippen LogP contribution in [0.15, 0.2) is 48.8 Å². The molecule has 27 heavy (non-hydrogen) atoms. The van der Waals surface area contributed by atoms with Crippen molar-refractivity contribution in [1.29, 1.82) is 0 Å². The number of carbonyl (C=O) groups is 1. The Balaban J connectivity index is 1.85. The number of aromatic nitrogens is 3. The SMILES string of the molecule is O=C(c1cnc(Cl)nc1C(F)(F)F)N1Cc2cccn2Cc2ccccc21. The molecule has 0 aliphatic carbocycles. The van der Waals surface area contributed by atoms with E-state index in [2.05, 4.69) is 9.97 Å². The first-order valence-electron chi connectivity index (χ1n) is 7.98. The number of para-hydroxylation sites is 1. The maximum atomic E-state index is 13.4. The van der Waals surface area contributed by atoms with Gasteiger partial charge in [-0.1, -0.05) is 18.2 Å². The molecule has 2 aromatic heterocycles. The standard InChI is InChI=1S/C18H12ClF3N4O/c19-17-23-8-13(15(24-17)18(20,21)22)16(27)26-10-12-5-3-7-25(12)9-11-4-1-2-6-14(11)26/h1-8H,9-10H2. The fourth-order valence-electron chi connectivity index (χ4n) is 3.15. The first-order chi connectivity index (χ1) is 12.8. The average Bonchev–Trinajstić information content (AvgIpc) is 2.99. The van der Waals surface area contributed by atoms with Gasteiger partial charge in [0.05, 0.1) is 12.1 Å². The highest BCUT2D eigenvalue weighted by atomic mass is 35.5. The van der Waals surface area contributed by atoms with Crippen LogP contribution in [0.5, 0.6) is 0 Å². The van der Waals surface area contributed by atoms with Gasteiger partial charge in [0.2, 0.25) is 5.28 Å². The highest BCUT2D eigenvalue weighted by Gasteiger charge is 2.39. The lowest BCUT2D eigenvalue weighted by molar-refractivity contribution is -0.141. The number of hydrogen-bond donors (Lipinski definition) is 0. The number of halogens is 4. The topological polar surface area (TPSA) is 51.0 Å². The largest absolute Gasteiger partial charge is 0.434 e. The molecule has 9 heteroatoms. The van der Waals surface area contributed by atoms with E-state index < -0.39 is 28.6 Å². The highest BCUT2D eigenvalue weighted by Crippen LogP contribution is 2.34. The van der Waals surface area contributed by atoms with Crippen molar-refractivity contribution in [1.82, 2.24) is 14.5 Å². The van der Waals surface area contributed by atoms with E-state index in [4.69, 9.17) is 11.6 Å². The molecule has 0 spiro atoms. The minimum absolute atomic E-state index is 0.128. The summed E-state index contributed by atoms with van der Waals surface area (Å²) in [7, 11) is 0. The molecule has 5 nitrogen and oxygen atoms in total. The zero-order chi connectivity index (χ0) is 19.2. The summed E-state index contributed by atoms with van der Waals surface area (Å²) in [5.41, 5.74) is 0.202. The second-order valence-corrected chi connectivity index (χ2v) is 6.38. The molecule has 1 aliphatic rings. The molecule has 1 amide bonds. The van der Waals surface area contributed by atoms with Crippen LogP contribution in [0.3, 0.4) is 0 Å². The fourth-order valence-corrected chi connectivity index (χ4v) is 3.28. The van der Waals surface area contributed by atoms with Crippen LogP contribution in [-0.2, 0) is 19.3 Å². The van der Waals surface area contributed by atoms with Crippen LogP contribution in [0.2, 0.25) is 5.28 Å². The summed E-state index contributed by atoms with van der Waals surface area (Å²) in [6, 6.07) is 10.8. The van der Waals surface area contributed by atoms with Gasteiger partial charge < -0.3 is 9.47 Å². The van der Waals surface area contributed by atoms with Crippen molar-refractivity contribution in [2.24, 2.45) is 0 Å². The van der Waals surface area contributed by atoms with Crippen molar-refractivity contribution >= 4 is 23.2 Å². The van der Waals surface area contributed by atoms with Gasteiger partial charge in [0.25, 0.3) is 5.91 Å². The van der Waals surface area contributed by atoms with E-state index in [9.17, 15) is 18.0 Å². The van der Waals surface area contributed by atoms with E-state index in [0.717, 1.165) is 17.5 Å². The molecule has 0 saturated carbocycles. The zero-order valence-corrected chi connectivity index (χ0v) is 14.5. The second kappa shape index (κ2) is 6.38. The molecule has 1 aliphatic heterocycles. The summed E-state index contributed by atoms with van der Waals surface area (Å²) < 4.78 is 42.1. The van der Waals surface area contributed by atoms with Crippen LogP contribution in [0.1, 0.15) is 27.3 Å².